The quantitative estimate of drug-likeness (QED) is 0.668. The van der Waals surface area contributed by atoms with Crippen molar-refractivity contribution in [3.8, 4) is 0 Å². The van der Waals surface area contributed by atoms with Crippen LogP contribution in [0.4, 0.5) is 8.78 Å². The van der Waals surface area contributed by atoms with E-state index in [1.54, 1.807) is 0 Å². The molecular weight excluding hydrogens is 142 g/mol. The molecule has 0 radical (unpaired) electrons. The molecule has 0 aliphatic carbocycles. The van der Waals surface area contributed by atoms with Gasteiger partial charge in [0, 0.05) is 6.42 Å². The second-order valence-corrected chi connectivity index (χ2v) is 2.78. The zero-order valence-corrected chi connectivity index (χ0v) is 5.90. The Hall–Kier alpha value is -0.670. The largest absolute Gasteiger partial charge is 0.481 e. The molecular formula is C6H10F2O2. The van der Waals surface area contributed by atoms with Crippen LogP contribution in [-0.2, 0) is 4.79 Å². The van der Waals surface area contributed by atoms with Gasteiger partial charge in [-0.2, -0.15) is 0 Å². The molecule has 0 aromatic carbocycles. The zero-order chi connectivity index (χ0) is 8.36. The molecule has 0 saturated heterocycles. The Kier molecular flexibility index (Phi) is 2.75. The van der Waals surface area contributed by atoms with Gasteiger partial charge in [-0.05, 0) is 13.8 Å². The molecule has 0 rings (SSSR count). The summed E-state index contributed by atoms with van der Waals surface area (Å²) in [6.45, 7) is 2.56. The molecule has 0 aromatic heterocycles. The van der Waals surface area contributed by atoms with Gasteiger partial charge >= 0.3 is 5.97 Å². The van der Waals surface area contributed by atoms with Crippen molar-refractivity contribution in [2.75, 3.05) is 0 Å². The maximum Gasteiger partial charge on any atom is 0.309 e. The van der Waals surface area contributed by atoms with Gasteiger partial charge in [0.05, 0.1) is 5.41 Å². The van der Waals surface area contributed by atoms with Gasteiger partial charge in [0.15, 0.2) is 0 Å². The van der Waals surface area contributed by atoms with E-state index in [1.807, 2.05) is 0 Å². The molecule has 0 aliphatic rings. The van der Waals surface area contributed by atoms with Crippen LogP contribution in [0.3, 0.4) is 0 Å². The Labute approximate surface area is 57.9 Å². The number of hydrogen-bond acceptors (Lipinski definition) is 1. The fourth-order valence-corrected chi connectivity index (χ4v) is 0.473. The van der Waals surface area contributed by atoms with Gasteiger partial charge < -0.3 is 5.11 Å². The Balaban J connectivity index is 4.00. The van der Waals surface area contributed by atoms with Crippen LogP contribution in [0.5, 0.6) is 0 Å². The Morgan fingerprint density at radius 3 is 2.10 bits per heavy atom. The molecule has 0 fully saturated rings. The van der Waals surface area contributed by atoms with Gasteiger partial charge in [0.2, 0.25) is 6.43 Å². The van der Waals surface area contributed by atoms with Crippen LogP contribution in [0.1, 0.15) is 20.3 Å². The number of carboxylic acid groups (broad SMARTS) is 1. The first kappa shape index (κ1) is 9.33. The van der Waals surface area contributed by atoms with Crippen LogP contribution in [0.15, 0.2) is 0 Å². The Bertz CT molecular complexity index is 132. The molecule has 10 heavy (non-hydrogen) atoms. The molecule has 0 atom stereocenters. The van der Waals surface area contributed by atoms with Crippen LogP contribution < -0.4 is 0 Å². The molecule has 0 bridgehead atoms. The third kappa shape index (κ3) is 2.75. The fraction of sp³-hybridized carbons (Fsp3) is 0.833. The second-order valence-electron chi connectivity index (χ2n) is 2.78. The minimum Gasteiger partial charge on any atom is -0.481 e. The van der Waals surface area contributed by atoms with Crippen molar-refractivity contribution in [3.05, 3.63) is 0 Å². The van der Waals surface area contributed by atoms with E-state index in [2.05, 4.69) is 0 Å². The van der Waals surface area contributed by atoms with Gasteiger partial charge in [-0.3, -0.25) is 4.79 Å². The van der Waals surface area contributed by atoms with Crippen molar-refractivity contribution in [3.63, 3.8) is 0 Å². The first-order valence-electron chi connectivity index (χ1n) is 2.88. The number of halogens is 2. The van der Waals surface area contributed by atoms with Crippen molar-refractivity contribution in [1.82, 2.24) is 0 Å². The number of aliphatic carboxylic acids is 1. The van der Waals surface area contributed by atoms with Crippen LogP contribution in [0.2, 0.25) is 0 Å². The summed E-state index contributed by atoms with van der Waals surface area (Å²) in [6, 6.07) is 0. The lowest BCUT2D eigenvalue weighted by Gasteiger charge is -2.17. The molecule has 4 heteroatoms. The summed E-state index contributed by atoms with van der Waals surface area (Å²) >= 11 is 0. The molecule has 0 spiro atoms. The third-order valence-corrected chi connectivity index (χ3v) is 1.24. The number of carboxylic acids is 1. The van der Waals surface area contributed by atoms with E-state index >= 15 is 0 Å². The highest BCUT2D eigenvalue weighted by molar-refractivity contribution is 5.73. The lowest BCUT2D eigenvalue weighted by Crippen LogP contribution is -2.26. The van der Waals surface area contributed by atoms with E-state index in [0.717, 1.165) is 0 Å². The predicted molar refractivity (Wildman–Crippen MR) is 32.0 cm³/mol. The van der Waals surface area contributed by atoms with E-state index in [1.165, 1.54) is 13.8 Å². The number of rotatable bonds is 3. The van der Waals surface area contributed by atoms with Crippen LogP contribution in [-0.4, -0.2) is 17.5 Å². The monoisotopic (exact) mass is 152 g/mol. The molecule has 2 nitrogen and oxygen atoms in total. The van der Waals surface area contributed by atoms with Gasteiger partial charge in [-0.15, -0.1) is 0 Å². The predicted octanol–water partition coefficient (Wildman–Crippen LogP) is 1.75. The van der Waals surface area contributed by atoms with Crippen LogP contribution >= 0.6 is 0 Å². The number of hydrogen-bond donors (Lipinski definition) is 1. The smallest absolute Gasteiger partial charge is 0.309 e. The Morgan fingerprint density at radius 1 is 1.60 bits per heavy atom. The fourth-order valence-electron chi connectivity index (χ4n) is 0.473. The summed E-state index contributed by atoms with van der Waals surface area (Å²) in [5.41, 5.74) is -1.31. The highest BCUT2D eigenvalue weighted by Crippen LogP contribution is 2.24. The van der Waals surface area contributed by atoms with Crippen molar-refractivity contribution in [2.45, 2.75) is 26.7 Å². The van der Waals surface area contributed by atoms with Gasteiger partial charge in [0.1, 0.15) is 0 Å². The first-order valence-corrected chi connectivity index (χ1v) is 2.88. The number of carbonyl (C=O) groups is 1. The average Bonchev–Trinajstić information content (AvgIpc) is 1.60. The van der Waals surface area contributed by atoms with E-state index in [-0.39, 0.29) is 0 Å². The molecule has 0 amide bonds. The second kappa shape index (κ2) is 2.94. The standard InChI is InChI=1S/C6H10F2O2/c1-6(2,5(9)10)3-4(7)8/h4H,3H2,1-2H3,(H,9,10). The molecule has 0 saturated carbocycles. The summed E-state index contributed by atoms with van der Waals surface area (Å²) in [5, 5.41) is 8.36. The summed E-state index contributed by atoms with van der Waals surface area (Å²) in [5.74, 6) is -1.19. The maximum atomic E-state index is 11.6. The van der Waals surface area contributed by atoms with Crippen molar-refractivity contribution < 1.29 is 18.7 Å². The zero-order valence-electron chi connectivity index (χ0n) is 5.90. The van der Waals surface area contributed by atoms with Crippen molar-refractivity contribution in [2.24, 2.45) is 5.41 Å². The van der Waals surface area contributed by atoms with Gasteiger partial charge in [-0.25, -0.2) is 8.78 Å². The van der Waals surface area contributed by atoms with Crippen LogP contribution in [0, 0.1) is 5.41 Å². The highest BCUT2D eigenvalue weighted by Gasteiger charge is 2.30. The lowest BCUT2D eigenvalue weighted by molar-refractivity contribution is -0.149. The highest BCUT2D eigenvalue weighted by atomic mass is 19.3. The summed E-state index contributed by atoms with van der Waals surface area (Å²) < 4.78 is 23.3. The minimum atomic E-state index is -2.55. The average molecular weight is 152 g/mol. The van der Waals surface area contributed by atoms with Gasteiger partial charge in [0.25, 0.3) is 0 Å². The minimum absolute atomic E-state index is 0.595. The SMILES string of the molecule is CC(C)(CC(F)F)C(=O)O. The van der Waals surface area contributed by atoms with E-state index in [4.69, 9.17) is 5.11 Å². The van der Waals surface area contributed by atoms with E-state index < -0.39 is 24.2 Å². The molecule has 0 aliphatic heterocycles. The van der Waals surface area contributed by atoms with Crippen LogP contribution in [0.25, 0.3) is 0 Å². The molecule has 60 valence electrons. The van der Waals surface area contributed by atoms with E-state index in [9.17, 15) is 13.6 Å². The molecule has 1 N–H and O–H groups in total. The third-order valence-electron chi connectivity index (χ3n) is 1.24. The van der Waals surface area contributed by atoms with E-state index in [0.29, 0.717) is 0 Å². The molecule has 0 aromatic rings. The van der Waals surface area contributed by atoms with Crippen molar-refractivity contribution >= 4 is 5.97 Å². The molecule has 0 unspecified atom stereocenters. The summed E-state index contributed by atoms with van der Waals surface area (Å²) in [4.78, 5) is 10.2. The van der Waals surface area contributed by atoms with Gasteiger partial charge in [-0.1, -0.05) is 0 Å². The maximum absolute atomic E-state index is 11.6. The summed E-state index contributed by atoms with van der Waals surface area (Å²) in [6.07, 6.45) is -3.14. The summed E-state index contributed by atoms with van der Waals surface area (Å²) in [7, 11) is 0. The van der Waals surface area contributed by atoms with Crippen molar-refractivity contribution in [1.29, 1.82) is 0 Å². The normalized spacial score (nSPS) is 12.1. The lowest BCUT2D eigenvalue weighted by atomic mass is 9.90. The Morgan fingerprint density at radius 2 is 2.00 bits per heavy atom. The topological polar surface area (TPSA) is 37.3 Å². The first-order chi connectivity index (χ1) is 4.36. The molecule has 0 heterocycles. The number of alkyl halides is 2.